The van der Waals surface area contributed by atoms with Gasteiger partial charge in [0.25, 0.3) is 0 Å². The number of hydrogen-bond donors (Lipinski definition) is 2. The van der Waals surface area contributed by atoms with Crippen LogP contribution in [0.1, 0.15) is 20.3 Å². The summed E-state index contributed by atoms with van der Waals surface area (Å²) in [7, 11) is 0. The standard InChI is InChI=1S/C8H15Cl3N2O2/c1-3-5-12-6(8(9,10)11)13-7(14)15-4-2/h6,12H,3-5H2,1-2H3,(H,13,14)/t6-/m0/s1. The third kappa shape index (κ3) is 7.06. The van der Waals surface area contributed by atoms with E-state index in [4.69, 9.17) is 34.8 Å². The monoisotopic (exact) mass is 276 g/mol. The molecule has 0 saturated carbocycles. The Bertz CT molecular complexity index is 197. The highest BCUT2D eigenvalue weighted by molar-refractivity contribution is 6.68. The van der Waals surface area contributed by atoms with Gasteiger partial charge in [-0.05, 0) is 19.9 Å². The summed E-state index contributed by atoms with van der Waals surface area (Å²) in [5, 5.41) is 5.32. The van der Waals surface area contributed by atoms with E-state index in [-0.39, 0.29) is 6.61 Å². The summed E-state index contributed by atoms with van der Waals surface area (Å²) in [5.41, 5.74) is 0. The largest absolute Gasteiger partial charge is 0.450 e. The van der Waals surface area contributed by atoms with Crippen LogP contribution in [-0.4, -0.2) is 29.2 Å². The van der Waals surface area contributed by atoms with Gasteiger partial charge in [-0.1, -0.05) is 41.7 Å². The number of ether oxygens (including phenoxy) is 1. The third-order valence-electron chi connectivity index (χ3n) is 1.46. The van der Waals surface area contributed by atoms with Crippen LogP contribution in [0.2, 0.25) is 0 Å². The van der Waals surface area contributed by atoms with Crippen molar-refractivity contribution < 1.29 is 9.53 Å². The summed E-state index contributed by atoms with van der Waals surface area (Å²) in [5.74, 6) is 0. The SMILES string of the molecule is CCCN[C@@H](NC(=O)OCC)C(Cl)(Cl)Cl. The Labute approximate surface area is 105 Å². The van der Waals surface area contributed by atoms with Crippen molar-refractivity contribution in [3.8, 4) is 0 Å². The van der Waals surface area contributed by atoms with Gasteiger partial charge in [0.15, 0.2) is 0 Å². The van der Waals surface area contributed by atoms with Crippen LogP contribution in [0.25, 0.3) is 0 Å². The minimum absolute atomic E-state index is 0.270. The quantitative estimate of drug-likeness (QED) is 0.599. The predicted octanol–water partition coefficient (Wildman–Crippen LogP) is 2.43. The number of alkyl carbamates (subject to hydrolysis) is 1. The van der Waals surface area contributed by atoms with Gasteiger partial charge in [0.1, 0.15) is 6.17 Å². The van der Waals surface area contributed by atoms with Gasteiger partial charge in [-0.15, -0.1) is 0 Å². The van der Waals surface area contributed by atoms with Crippen LogP contribution < -0.4 is 10.6 Å². The van der Waals surface area contributed by atoms with Crippen LogP contribution >= 0.6 is 34.8 Å². The average Bonchev–Trinajstić information content (AvgIpc) is 2.10. The summed E-state index contributed by atoms with van der Waals surface area (Å²) >= 11 is 17.0. The third-order valence-corrected chi connectivity index (χ3v) is 2.12. The molecule has 4 nitrogen and oxygen atoms in total. The first-order chi connectivity index (χ1) is 6.91. The molecular formula is C8H15Cl3N2O2. The van der Waals surface area contributed by atoms with Crippen molar-refractivity contribution in [1.82, 2.24) is 10.6 Å². The molecule has 0 unspecified atom stereocenters. The first kappa shape index (κ1) is 15.1. The van der Waals surface area contributed by atoms with E-state index in [1.807, 2.05) is 6.92 Å². The highest BCUT2D eigenvalue weighted by Gasteiger charge is 2.33. The van der Waals surface area contributed by atoms with Crippen molar-refractivity contribution in [2.24, 2.45) is 0 Å². The van der Waals surface area contributed by atoms with Crippen molar-refractivity contribution in [1.29, 1.82) is 0 Å². The maximum absolute atomic E-state index is 11.1. The van der Waals surface area contributed by atoms with Crippen LogP contribution in [-0.2, 0) is 4.74 Å². The lowest BCUT2D eigenvalue weighted by Crippen LogP contribution is -2.53. The molecule has 0 aromatic carbocycles. The van der Waals surface area contributed by atoms with Crippen molar-refractivity contribution in [3.63, 3.8) is 0 Å². The molecule has 0 radical (unpaired) electrons. The molecule has 0 aliphatic heterocycles. The van der Waals surface area contributed by atoms with Crippen molar-refractivity contribution in [2.75, 3.05) is 13.2 Å². The van der Waals surface area contributed by atoms with Gasteiger partial charge in [0.05, 0.1) is 6.61 Å². The first-order valence-corrected chi connectivity index (χ1v) is 5.78. The average molecular weight is 278 g/mol. The first-order valence-electron chi connectivity index (χ1n) is 4.65. The number of nitrogens with one attached hydrogen (secondary N) is 2. The summed E-state index contributed by atoms with van der Waals surface area (Å²) in [4.78, 5) is 11.1. The molecule has 0 aliphatic rings. The Morgan fingerprint density at radius 1 is 1.40 bits per heavy atom. The molecule has 0 bridgehead atoms. The number of carbonyl (C=O) groups is 1. The molecule has 0 aromatic rings. The predicted molar refractivity (Wildman–Crippen MR) is 62.5 cm³/mol. The van der Waals surface area contributed by atoms with Crippen LogP contribution in [0.15, 0.2) is 0 Å². The fourth-order valence-electron chi connectivity index (χ4n) is 0.828. The summed E-state index contributed by atoms with van der Waals surface area (Å²) < 4.78 is 3.07. The summed E-state index contributed by atoms with van der Waals surface area (Å²) in [6.45, 7) is 4.56. The number of hydrogen-bond acceptors (Lipinski definition) is 3. The summed E-state index contributed by atoms with van der Waals surface area (Å²) in [6.07, 6.45) is -0.513. The Kier molecular flexibility index (Phi) is 7.44. The lowest BCUT2D eigenvalue weighted by molar-refractivity contribution is 0.146. The van der Waals surface area contributed by atoms with E-state index < -0.39 is 16.1 Å². The second-order valence-corrected chi connectivity index (χ2v) is 5.16. The molecule has 0 saturated heterocycles. The van der Waals surface area contributed by atoms with E-state index >= 15 is 0 Å². The molecule has 15 heavy (non-hydrogen) atoms. The van der Waals surface area contributed by atoms with Crippen LogP contribution in [0, 0.1) is 0 Å². The molecule has 0 fully saturated rings. The fourth-order valence-corrected chi connectivity index (χ4v) is 1.22. The lowest BCUT2D eigenvalue weighted by atomic mass is 10.4. The minimum atomic E-state index is -1.61. The Morgan fingerprint density at radius 3 is 2.40 bits per heavy atom. The van der Waals surface area contributed by atoms with Gasteiger partial charge < -0.3 is 10.1 Å². The topological polar surface area (TPSA) is 50.4 Å². The van der Waals surface area contributed by atoms with Gasteiger partial charge in [0.2, 0.25) is 3.79 Å². The van der Waals surface area contributed by atoms with E-state index in [9.17, 15) is 4.79 Å². The van der Waals surface area contributed by atoms with Crippen LogP contribution in [0.3, 0.4) is 0 Å². The van der Waals surface area contributed by atoms with E-state index in [0.717, 1.165) is 6.42 Å². The van der Waals surface area contributed by atoms with Crippen LogP contribution in [0.4, 0.5) is 4.79 Å². The molecule has 0 heterocycles. The molecular weight excluding hydrogens is 262 g/mol. The molecule has 1 amide bonds. The van der Waals surface area contributed by atoms with Gasteiger partial charge >= 0.3 is 6.09 Å². The number of rotatable bonds is 5. The second-order valence-electron chi connectivity index (χ2n) is 2.79. The minimum Gasteiger partial charge on any atom is -0.450 e. The number of carbonyl (C=O) groups excluding carboxylic acids is 1. The second kappa shape index (κ2) is 7.39. The number of alkyl halides is 3. The Balaban J connectivity index is 4.18. The molecule has 0 aromatic heterocycles. The van der Waals surface area contributed by atoms with Crippen LogP contribution in [0.5, 0.6) is 0 Å². The van der Waals surface area contributed by atoms with Gasteiger partial charge in [0, 0.05) is 0 Å². The van der Waals surface area contributed by atoms with Crippen molar-refractivity contribution >= 4 is 40.9 Å². The van der Waals surface area contributed by atoms with Gasteiger partial charge in [-0.2, -0.15) is 0 Å². The lowest BCUT2D eigenvalue weighted by Gasteiger charge is -2.25. The maximum Gasteiger partial charge on any atom is 0.408 e. The number of halogens is 3. The highest BCUT2D eigenvalue weighted by atomic mass is 35.6. The highest BCUT2D eigenvalue weighted by Crippen LogP contribution is 2.29. The molecule has 0 rings (SSSR count). The van der Waals surface area contributed by atoms with Gasteiger partial charge in [-0.3, -0.25) is 5.32 Å². The smallest absolute Gasteiger partial charge is 0.408 e. The van der Waals surface area contributed by atoms with E-state index in [0.29, 0.717) is 6.54 Å². The zero-order valence-corrected chi connectivity index (χ0v) is 10.9. The fraction of sp³-hybridized carbons (Fsp3) is 0.875. The molecule has 7 heteroatoms. The Hall–Kier alpha value is 0.1000. The van der Waals surface area contributed by atoms with E-state index in [2.05, 4.69) is 15.4 Å². The molecule has 1 atom stereocenters. The molecule has 0 aliphatic carbocycles. The van der Waals surface area contributed by atoms with Crippen molar-refractivity contribution in [3.05, 3.63) is 0 Å². The zero-order chi connectivity index (χ0) is 11.9. The molecule has 90 valence electrons. The van der Waals surface area contributed by atoms with E-state index in [1.54, 1.807) is 6.92 Å². The summed E-state index contributed by atoms with van der Waals surface area (Å²) in [6, 6.07) is 0. The zero-order valence-electron chi connectivity index (χ0n) is 8.65. The molecule has 2 N–H and O–H groups in total. The molecule has 0 spiro atoms. The van der Waals surface area contributed by atoms with E-state index in [1.165, 1.54) is 0 Å². The normalized spacial score (nSPS) is 13.4. The van der Waals surface area contributed by atoms with Crippen molar-refractivity contribution in [2.45, 2.75) is 30.2 Å². The van der Waals surface area contributed by atoms with Gasteiger partial charge in [-0.25, -0.2) is 4.79 Å². The Morgan fingerprint density at radius 2 is 2.00 bits per heavy atom. The maximum atomic E-state index is 11.1. The number of amides is 1.